The lowest BCUT2D eigenvalue weighted by Gasteiger charge is -2.05. The molecule has 0 unspecified atom stereocenters. The van der Waals surface area contributed by atoms with Crippen molar-refractivity contribution in [2.75, 3.05) is 19.6 Å². The van der Waals surface area contributed by atoms with E-state index in [9.17, 15) is 9.59 Å². The molecule has 0 bridgehead atoms. The number of carbonyl (C=O) groups is 1. The number of nitrogens with zero attached hydrogens (tertiary/aromatic N) is 1. The summed E-state index contributed by atoms with van der Waals surface area (Å²) in [5.74, 6) is 0.0706. The summed E-state index contributed by atoms with van der Waals surface area (Å²) in [5.41, 5.74) is 0.0615. The molecule has 7 nitrogen and oxygen atoms in total. The predicted octanol–water partition coefficient (Wildman–Crippen LogP) is 0.976. The summed E-state index contributed by atoms with van der Waals surface area (Å²) < 4.78 is 5.34. The number of amides is 1. The lowest BCUT2D eigenvalue weighted by Crippen LogP contribution is -2.32. The Morgan fingerprint density at radius 2 is 2.14 bits per heavy atom. The van der Waals surface area contributed by atoms with Crippen molar-refractivity contribution in [3.8, 4) is 0 Å². The smallest absolute Gasteiger partial charge is 0.262 e. The third kappa shape index (κ3) is 3.83. The summed E-state index contributed by atoms with van der Waals surface area (Å²) in [7, 11) is 0. The number of fused-ring (bicyclic) bond motifs is 1. The number of nitrogens with one attached hydrogen (secondary N) is 3. The largest absolute Gasteiger partial charge is 0.442 e. The molecule has 116 valence electrons. The molecule has 0 radical (unpaired) electrons. The molecule has 0 aromatic carbocycles. The van der Waals surface area contributed by atoms with E-state index in [0.29, 0.717) is 18.8 Å². The maximum atomic E-state index is 12.1. The maximum absolute atomic E-state index is 12.1. The van der Waals surface area contributed by atoms with Crippen molar-refractivity contribution < 1.29 is 9.21 Å². The van der Waals surface area contributed by atoms with Crippen molar-refractivity contribution in [1.29, 1.82) is 0 Å². The summed E-state index contributed by atoms with van der Waals surface area (Å²) >= 11 is 0. The monoisotopic (exact) mass is 314 g/mol. The molecule has 3 N–H and O–H groups in total. The minimum Gasteiger partial charge on any atom is -0.442 e. The van der Waals surface area contributed by atoms with Crippen LogP contribution in [-0.2, 0) is 0 Å². The molecular formula is C13H19ClN4O3. The molecule has 2 aromatic heterocycles. The fourth-order valence-electron chi connectivity index (χ4n) is 1.98. The Balaban J connectivity index is 0.00000220. The Morgan fingerprint density at radius 3 is 2.86 bits per heavy atom. The zero-order valence-electron chi connectivity index (χ0n) is 12.0. The highest BCUT2D eigenvalue weighted by Crippen LogP contribution is 2.19. The number of aromatic amines is 1. The van der Waals surface area contributed by atoms with Crippen LogP contribution in [0.25, 0.3) is 11.1 Å². The van der Waals surface area contributed by atoms with Gasteiger partial charge >= 0.3 is 0 Å². The van der Waals surface area contributed by atoms with E-state index in [4.69, 9.17) is 4.42 Å². The van der Waals surface area contributed by atoms with E-state index in [1.54, 1.807) is 6.92 Å². The Morgan fingerprint density at radius 1 is 1.38 bits per heavy atom. The summed E-state index contributed by atoms with van der Waals surface area (Å²) in [6.45, 7) is 5.80. The van der Waals surface area contributed by atoms with Crippen LogP contribution >= 0.6 is 12.4 Å². The lowest BCUT2D eigenvalue weighted by molar-refractivity contribution is 0.0954. The van der Waals surface area contributed by atoms with E-state index in [1.165, 1.54) is 6.33 Å². The highest BCUT2D eigenvalue weighted by atomic mass is 35.5. The highest BCUT2D eigenvalue weighted by molar-refractivity contribution is 6.06. The van der Waals surface area contributed by atoms with Crippen molar-refractivity contribution >= 4 is 29.4 Å². The second-order valence-corrected chi connectivity index (χ2v) is 4.45. The fraction of sp³-hybridized carbons (Fsp3) is 0.462. The molecule has 2 aromatic rings. The fourth-order valence-corrected chi connectivity index (χ4v) is 1.98. The molecule has 21 heavy (non-hydrogen) atoms. The molecule has 0 aliphatic heterocycles. The first-order chi connectivity index (χ1) is 9.65. The average molecular weight is 315 g/mol. The van der Waals surface area contributed by atoms with Gasteiger partial charge in [-0.25, -0.2) is 4.98 Å². The van der Waals surface area contributed by atoms with Crippen LogP contribution in [-0.4, -0.2) is 35.5 Å². The minimum atomic E-state index is -0.374. The number of hydrogen-bond donors (Lipinski definition) is 3. The number of rotatable bonds is 6. The van der Waals surface area contributed by atoms with Gasteiger partial charge in [0.1, 0.15) is 11.1 Å². The first-order valence-corrected chi connectivity index (χ1v) is 6.60. The Bertz CT molecular complexity index is 665. The number of furan rings is 1. The van der Waals surface area contributed by atoms with Crippen molar-refractivity contribution in [3.05, 3.63) is 28.0 Å². The van der Waals surface area contributed by atoms with Crippen LogP contribution in [0.2, 0.25) is 0 Å². The quantitative estimate of drug-likeness (QED) is 0.690. The number of hydrogen-bond acceptors (Lipinski definition) is 5. The van der Waals surface area contributed by atoms with Crippen molar-refractivity contribution in [1.82, 2.24) is 20.6 Å². The molecule has 0 saturated heterocycles. The SMILES string of the molecule is CCCNCCNC(=O)c1c(C)oc2nc[nH]c(=O)c12.Cl. The Hall–Kier alpha value is -1.86. The highest BCUT2D eigenvalue weighted by Gasteiger charge is 2.21. The van der Waals surface area contributed by atoms with E-state index in [1.807, 2.05) is 0 Å². The van der Waals surface area contributed by atoms with Gasteiger partial charge in [-0.15, -0.1) is 12.4 Å². The second kappa shape index (κ2) is 7.80. The third-order valence-corrected chi connectivity index (χ3v) is 2.91. The molecule has 0 spiro atoms. The van der Waals surface area contributed by atoms with Gasteiger partial charge in [-0.1, -0.05) is 6.92 Å². The molecule has 0 aliphatic rings. The topological polar surface area (TPSA) is 100 Å². The zero-order valence-corrected chi connectivity index (χ0v) is 12.8. The first kappa shape index (κ1) is 17.2. The molecule has 0 fully saturated rings. The molecule has 0 atom stereocenters. The standard InChI is InChI=1S/C13H18N4O3.ClH/c1-3-4-14-5-6-15-11(18)9-8(2)20-13-10(9)12(19)16-7-17-13;/h7,14H,3-6H2,1-2H3,(H,15,18)(H,16,17,19);1H. The molecule has 2 heterocycles. The van der Waals surface area contributed by atoms with E-state index >= 15 is 0 Å². The van der Waals surface area contributed by atoms with E-state index in [0.717, 1.165) is 13.0 Å². The lowest BCUT2D eigenvalue weighted by atomic mass is 10.2. The summed E-state index contributed by atoms with van der Waals surface area (Å²) in [4.78, 5) is 30.3. The first-order valence-electron chi connectivity index (χ1n) is 6.60. The summed E-state index contributed by atoms with van der Waals surface area (Å²) in [6.07, 6.45) is 2.30. The normalized spacial score (nSPS) is 10.4. The molecule has 0 saturated carbocycles. The number of carbonyl (C=O) groups excluding carboxylic acids is 1. The average Bonchev–Trinajstić information content (AvgIpc) is 2.76. The van der Waals surface area contributed by atoms with Crippen molar-refractivity contribution in [2.45, 2.75) is 20.3 Å². The number of H-pyrrole nitrogens is 1. The van der Waals surface area contributed by atoms with Gasteiger partial charge in [0.25, 0.3) is 11.5 Å². The number of aryl methyl sites for hydroxylation is 1. The van der Waals surface area contributed by atoms with Gasteiger partial charge in [0, 0.05) is 13.1 Å². The number of aromatic nitrogens is 2. The van der Waals surface area contributed by atoms with Crippen LogP contribution < -0.4 is 16.2 Å². The van der Waals surface area contributed by atoms with E-state index in [-0.39, 0.29) is 40.5 Å². The third-order valence-electron chi connectivity index (χ3n) is 2.91. The zero-order chi connectivity index (χ0) is 14.5. The van der Waals surface area contributed by atoms with Crippen LogP contribution in [0.3, 0.4) is 0 Å². The van der Waals surface area contributed by atoms with Crippen molar-refractivity contribution in [2.24, 2.45) is 0 Å². The maximum Gasteiger partial charge on any atom is 0.262 e. The van der Waals surface area contributed by atoms with Crippen LogP contribution in [0, 0.1) is 6.92 Å². The molecule has 8 heteroatoms. The van der Waals surface area contributed by atoms with Crippen LogP contribution in [0.5, 0.6) is 0 Å². The summed E-state index contributed by atoms with van der Waals surface area (Å²) in [5, 5.41) is 6.14. The van der Waals surface area contributed by atoms with Gasteiger partial charge in [0.2, 0.25) is 5.71 Å². The Kier molecular flexibility index (Phi) is 6.39. The van der Waals surface area contributed by atoms with Gasteiger partial charge in [-0.2, -0.15) is 0 Å². The predicted molar refractivity (Wildman–Crippen MR) is 82.1 cm³/mol. The summed E-state index contributed by atoms with van der Waals surface area (Å²) in [6, 6.07) is 0. The van der Waals surface area contributed by atoms with Crippen molar-refractivity contribution in [3.63, 3.8) is 0 Å². The van der Waals surface area contributed by atoms with Crippen LogP contribution in [0.4, 0.5) is 0 Å². The number of halogens is 1. The van der Waals surface area contributed by atoms with Crippen LogP contribution in [0.1, 0.15) is 29.5 Å². The molecule has 2 rings (SSSR count). The molecule has 1 amide bonds. The van der Waals surface area contributed by atoms with E-state index in [2.05, 4.69) is 27.5 Å². The van der Waals surface area contributed by atoms with Gasteiger partial charge in [-0.05, 0) is 19.9 Å². The minimum absolute atomic E-state index is 0. The molecular weight excluding hydrogens is 296 g/mol. The Labute approximate surface area is 127 Å². The van der Waals surface area contributed by atoms with Gasteiger partial charge in [0.15, 0.2) is 0 Å². The van der Waals surface area contributed by atoms with Crippen LogP contribution in [0.15, 0.2) is 15.5 Å². The second-order valence-electron chi connectivity index (χ2n) is 4.45. The molecule has 0 aliphatic carbocycles. The van der Waals surface area contributed by atoms with E-state index < -0.39 is 0 Å². The van der Waals surface area contributed by atoms with Gasteiger partial charge < -0.3 is 20.0 Å². The van der Waals surface area contributed by atoms with Gasteiger partial charge in [-0.3, -0.25) is 9.59 Å². The van der Waals surface area contributed by atoms with Gasteiger partial charge in [0.05, 0.1) is 11.9 Å².